The van der Waals surface area contributed by atoms with Crippen LogP contribution in [0.25, 0.3) is 0 Å². The fraction of sp³-hybridized carbons (Fsp3) is 1.00. The van der Waals surface area contributed by atoms with E-state index in [1.807, 2.05) is 6.92 Å². The van der Waals surface area contributed by atoms with E-state index < -0.39 is 0 Å². The van der Waals surface area contributed by atoms with Gasteiger partial charge < -0.3 is 9.84 Å². The van der Waals surface area contributed by atoms with Gasteiger partial charge in [0.2, 0.25) is 0 Å². The molecular weight excluding hydrogens is 132 g/mol. The van der Waals surface area contributed by atoms with Gasteiger partial charge >= 0.3 is 0 Å². The van der Waals surface area contributed by atoms with Crippen LogP contribution in [0.1, 0.15) is 13.3 Å². The van der Waals surface area contributed by atoms with Gasteiger partial charge in [0.1, 0.15) is 12.1 Å². The molecule has 0 saturated carbocycles. The average molecular weight is 144 g/mol. The van der Waals surface area contributed by atoms with Crippen LogP contribution in [0.3, 0.4) is 0 Å². The van der Waals surface area contributed by atoms with E-state index in [0.717, 1.165) is 6.42 Å². The molecule has 0 spiro atoms. The lowest BCUT2D eigenvalue weighted by atomic mass is 10.1. The molecule has 0 aliphatic carbocycles. The Morgan fingerprint density at radius 1 is 1.80 bits per heavy atom. The molecule has 2 N–H and O–H groups in total. The normalized spacial score (nSPS) is 40.0. The maximum atomic E-state index is 8.72. The first-order chi connectivity index (χ1) is 4.77. The molecule has 0 radical (unpaired) electrons. The Kier molecular flexibility index (Phi) is 2.34. The van der Waals surface area contributed by atoms with E-state index in [1.54, 1.807) is 0 Å². The van der Waals surface area contributed by atoms with E-state index in [2.05, 4.69) is 5.11 Å². The number of hydrogen-bond donors (Lipinski definition) is 2. The molecule has 0 amide bonds. The van der Waals surface area contributed by atoms with Crippen LogP contribution >= 0.6 is 0 Å². The summed E-state index contributed by atoms with van der Waals surface area (Å²) in [5, 5.41) is 12.1. The zero-order valence-electron chi connectivity index (χ0n) is 5.95. The summed E-state index contributed by atoms with van der Waals surface area (Å²) in [4.78, 5) is 0. The quantitative estimate of drug-likeness (QED) is 0.556. The Balaban J connectivity index is 2.48. The van der Waals surface area contributed by atoms with Crippen molar-refractivity contribution in [3.8, 4) is 0 Å². The lowest BCUT2D eigenvalue weighted by Crippen LogP contribution is -2.22. The highest BCUT2D eigenvalue weighted by molar-refractivity contribution is 4.83. The molecule has 10 heavy (non-hydrogen) atoms. The molecule has 1 aliphatic heterocycles. The van der Waals surface area contributed by atoms with E-state index >= 15 is 0 Å². The van der Waals surface area contributed by atoms with Crippen LogP contribution in [0, 0.1) is 5.53 Å². The third-order valence-corrected chi connectivity index (χ3v) is 1.76. The highest BCUT2D eigenvalue weighted by atomic mass is 16.5. The minimum Gasteiger partial charge on any atom is -0.394 e. The number of aliphatic hydroxyl groups is 1. The smallest absolute Gasteiger partial charge is 0.105 e. The maximum Gasteiger partial charge on any atom is 0.105 e. The van der Waals surface area contributed by atoms with Crippen LogP contribution in [-0.4, -0.2) is 30.0 Å². The second kappa shape index (κ2) is 3.07. The molecule has 1 fully saturated rings. The fourth-order valence-electron chi connectivity index (χ4n) is 1.24. The van der Waals surface area contributed by atoms with Crippen LogP contribution in [0.15, 0.2) is 5.11 Å². The predicted octanol–water partition coefficient (Wildman–Crippen LogP) is 0.556. The lowest BCUT2D eigenvalue weighted by Gasteiger charge is -2.08. The highest BCUT2D eigenvalue weighted by Crippen LogP contribution is 2.21. The Hall–Kier alpha value is -0.480. The number of rotatable bonds is 2. The summed E-state index contributed by atoms with van der Waals surface area (Å²) in [5.41, 5.74) is 6.76. The molecular formula is C6H12N2O2. The Bertz CT molecular complexity index is 129. The molecule has 3 atom stereocenters. The lowest BCUT2D eigenvalue weighted by molar-refractivity contribution is 0.0151. The van der Waals surface area contributed by atoms with E-state index in [0.29, 0.717) is 0 Å². The minimum atomic E-state index is -0.243. The third kappa shape index (κ3) is 1.33. The zero-order valence-corrected chi connectivity index (χ0v) is 5.95. The van der Waals surface area contributed by atoms with Gasteiger partial charge in [0.25, 0.3) is 0 Å². The van der Waals surface area contributed by atoms with E-state index in [-0.39, 0.29) is 24.9 Å². The maximum absolute atomic E-state index is 8.72. The monoisotopic (exact) mass is 144 g/mol. The SMILES string of the molecule is CC1CC(N=N)C(CO)O1. The van der Waals surface area contributed by atoms with Crippen molar-refractivity contribution in [3.05, 3.63) is 0 Å². The van der Waals surface area contributed by atoms with E-state index in [9.17, 15) is 0 Å². The first-order valence-electron chi connectivity index (χ1n) is 3.40. The van der Waals surface area contributed by atoms with Gasteiger partial charge in [0.05, 0.1) is 12.7 Å². The predicted molar refractivity (Wildman–Crippen MR) is 35.0 cm³/mol. The summed E-state index contributed by atoms with van der Waals surface area (Å²) in [6.07, 6.45) is 0.651. The van der Waals surface area contributed by atoms with Crippen molar-refractivity contribution in [2.45, 2.75) is 31.6 Å². The summed E-state index contributed by atoms with van der Waals surface area (Å²) in [6, 6.07) is -0.125. The van der Waals surface area contributed by atoms with Crippen LogP contribution < -0.4 is 0 Å². The number of aliphatic hydroxyl groups excluding tert-OH is 1. The number of nitrogens with zero attached hydrogens (tertiary/aromatic N) is 1. The Labute approximate surface area is 59.7 Å². The second-order valence-corrected chi connectivity index (χ2v) is 2.60. The summed E-state index contributed by atoms with van der Waals surface area (Å²) < 4.78 is 5.25. The van der Waals surface area contributed by atoms with Crippen LogP contribution in [0.5, 0.6) is 0 Å². The highest BCUT2D eigenvalue weighted by Gasteiger charge is 2.31. The first-order valence-corrected chi connectivity index (χ1v) is 3.40. The molecule has 58 valence electrons. The van der Waals surface area contributed by atoms with Gasteiger partial charge in [0, 0.05) is 6.42 Å². The molecule has 0 aromatic carbocycles. The van der Waals surface area contributed by atoms with Crippen molar-refractivity contribution in [3.63, 3.8) is 0 Å². The Morgan fingerprint density at radius 2 is 2.50 bits per heavy atom. The molecule has 0 aromatic rings. The fourth-order valence-corrected chi connectivity index (χ4v) is 1.24. The zero-order chi connectivity index (χ0) is 7.56. The molecule has 4 heteroatoms. The van der Waals surface area contributed by atoms with Crippen molar-refractivity contribution in [1.29, 1.82) is 5.53 Å². The summed E-state index contributed by atoms with van der Waals surface area (Å²) in [7, 11) is 0. The summed E-state index contributed by atoms with van der Waals surface area (Å²) in [5.74, 6) is 0. The minimum absolute atomic E-state index is 0.0304. The van der Waals surface area contributed by atoms with Gasteiger partial charge in [-0.15, -0.1) is 0 Å². The van der Waals surface area contributed by atoms with Crippen LogP contribution in [-0.2, 0) is 4.74 Å². The largest absolute Gasteiger partial charge is 0.394 e. The van der Waals surface area contributed by atoms with Gasteiger partial charge in [-0.05, 0) is 6.92 Å². The van der Waals surface area contributed by atoms with Gasteiger partial charge in [-0.3, -0.25) is 0 Å². The number of ether oxygens (including phenoxy) is 1. The van der Waals surface area contributed by atoms with Crippen molar-refractivity contribution in [2.75, 3.05) is 6.61 Å². The molecule has 1 saturated heterocycles. The summed E-state index contributed by atoms with van der Waals surface area (Å²) in [6.45, 7) is 1.89. The first kappa shape index (κ1) is 7.63. The van der Waals surface area contributed by atoms with Crippen molar-refractivity contribution < 1.29 is 9.84 Å². The van der Waals surface area contributed by atoms with Crippen LogP contribution in [0.4, 0.5) is 0 Å². The summed E-state index contributed by atoms with van der Waals surface area (Å²) >= 11 is 0. The molecule has 1 aliphatic rings. The third-order valence-electron chi connectivity index (χ3n) is 1.76. The number of nitrogens with one attached hydrogen (secondary N) is 1. The molecule has 3 unspecified atom stereocenters. The van der Waals surface area contributed by atoms with Crippen molar-refractivity contribution in [2.24, 2.45) is 5.11 Å². The molecule has 4 nitrogen and oxygen atoms in total. The van der Waals surface area contributed by atoms with Gasteiger partial charge in [0.15, 0.2) is 0 Å². The van der Waals surface area contributed by atoms with Gasteiger partial charge in [-0.1, -0.05) is 0 Å². The van der Waals surface area contributed by atoms with Crippen LogP contribution in [0.2, 0.25) is 0 Å². The molecule has 0 bridgehead atoms. The van der Waals surface area contributed by atoms with E-state index in [1.165, 1.54) is 0 Å². The molecule has 1 heterocycles. The van der Waals surface area contributed by atoms with Gasteiger partial charge in [-0.25, -0.2) is 5.53 Å². The van der Waals surface area contributed by atoms with E-state index in [4.69, 9.17) is 15.4 Å². The van der Waals surface area contributed by atoms with Crippen molar-refractivity contribution >= 4 is 0 Å². The Morgan fingerprint density at radius 3 is 2.90 bits per heavy atom. The van der Waals surface area contributed by atoms with Crippen molar-refractivity contribution in [1.82, 2.24) is 0 Å². The second-order valence-electron chi connectivity index (χ2n) is 2.60. The molecule has 1 rings (SSSR count). The molecule has 0 aromatic heterocycles. The standard InChI is InChI=1S/C6H12N2O2/c1-4-2-5(8-7)6(3-9)10-4/h4-7,9H,2-3H2,1H3. The topological polar surface area (TPSA) is 65.7 Å². The average Bonchev–Trinajstić information content (AvgIpc) is 2.30. The number of hydrogen-bond acceptors (Lipinski definition) is 4. The van der Waals surface area contributed by atoms with Gasteiger partial charge in [-0.2, -0.15) is 5.11 Å².